The SMILES string of the molecule is Cc1ccc(C(=O)COc2cc3oc(=O)cc(C)c3cc2Cl)cc1C. The first kappa shape index (κ1) is 17.2. The molecule has 1 aromatic heterocycles. The van der Waals surface area contributed by atoms with E-state index in [2.05, 4.69) is 0 Å². The van der Waals surface area contributed by atoms with Crippen LogP contribution in [0.3, 0.4) is 0 Å². The average molecular weight is 357 g/mol. The Kier molecular flexibility index (Phi) is 4.64. The highest BCUT2D eigenvalue weighted by molar-refractivity contribution is 6.32. The Morgan fingerprint density at radius 3 is 2.52 bits per heavy atom. The zero-order chi connectivity index (χ0) is 18.1. The van der Waals surface area contributed by atoms with Crippen molar-refractivity contribution in [1.29, 1.82) is 0 Å². The largest absolute Gasteiger partial charge is 0.484 e. The summed E-state index contributed by atoms with van der Waals surface area (Å²) in [5.41, 5.74) is 3.47. The number of benzene rings is 2. The van der Waals surface area contributed by atoms with Gasteiger partial charge in [0.05, 0.1) is 5.02 Å². The average Bonchev–Trinajstić information content (AvgIpc) is 2.56. The molecule has 0 saturated heterocycles. The zero-order valence-electron chi connectivity index (χ0n) is 14.2. The summed E-state index contributed by atoms with van der Waals surface area (Å²) in [6, 6.07) is 10.1. The normalized spacial score (nSPS) is 10.9. The summed E-state index contributed by atoms with van der Waals surface area (Å²) in [5, 5.41) is 1.09. The Hall–Kier alpha value is -2.59. The molecule has 0 aliphatic heterocycles. The van der Waals surface area contributed by atoms with Crippen molar-refractivity contribution >= 4 is 28.4 Å². The van der Waals surface area contributed by atoms with Crippen molar-refractivity contribution in [3.05, 3.63) is 74.1 Å². The molecule has 4 nitrogen and oxygen atoms in total. The van der Waals surface area contributed by atoms with E-state index in [0.717, 1.165) is 22.1 Å². The van der Waals surface area contributed by atoms with Crippen LogP contribution in [-0.4, -0.2) is 12.4 Å². The van der Waals surface area contributed by atoms with E-state index in [0.29, 0.717) is 21.9 Å². The molecular weight excluding hydrogens is 340 g/mol. The van der Waals surface area contributed by atoms with Crippen molar-refractivity contribution in [3.63, 3.8) is 0 Å². The molecule has 0 saturated carbocycles. The third kappa shape index (κ3) is 3.59. The van der Waals surface area contributed by atoms with E-state index in [1.807, 2.05) is 26.0 Å². The van der Waals surface area contributed by atoms with Crippen LogP contribution in [-0.2, 0) is 0 Å². The van der Waals surface area contributed by atoms with Crippen molar-refractivity contribution in [2.75, 3.05) is 6.61 Å². The first-order valence-electron chi connectivity index (χ1n) is 7.82. The molecule has 0 aliphatic rings. The fourth-order valence-electron chi connectivity index (χ4n) is 2.57. The van der Waals surface area contributed by atoms with Gasteiger partial charge >= 0.3 is 5.63 Å². The molecule has 5 heteroatoms. The Labute approximate surface area is 150 Å². The van der Waals surface area contributed by atoms with Gasteiger partial charge in [-0.3, -0.25) is 4.79 Å². The predicted octanol–water partition coefficient (Wildman–Crippen LogP) is 4.63. The molecule has 3 aromatic rings. The highest BCUT2D eigenvalue weighted by Crippen LogP contribution is 2.31. The second kappa shape index (κ2) is 6.73. The minimum atomic E-state index is -0.440. The number of hydrogen-bond acceptors (Lipinski definition) is 4. The summed E-state index contributed by atoms with van der Waals surface area (Å²) in [4.78, 5) is 23.8. The molecule has 0 N–H and O–H groups in total. The number of ketones is 1. The second-order valence-electron chi connectivity index (χ2n) is 6.04. The first-order valence-corrected chi connectivity index (χ1v) is 8.20. The molecule has 0 amide bonds. The maximum atomic E-state index is 12.3. The fourth-order valence-corrected chi connectivity index (χ4v) is 2.79. The molecule has 0 bridgehead atoms. The van der Waals surface area contributed by atoms with Gasteiger partial charge in [0.2, 0.25) is 0 Å². The highest BCUT2D eigenvalue weighted by atomic mass is 35.5. The van der Waals surface area contributed by atoms with E-state index >= 15 is 0 Å². The van der Waals surface area contributed by atoms with Crippen LogP contribution in [0, 0.1) is 20.8 Å². The van der Waals surface area contributed by atoms with Crippen LogP contribution in [0.5, 0.6) is 5.75 Å². The number of carbonyl (C=O) groups excluding carboxylic acids is 1. The Balaban J connectivity index is 1.85. The van der Waals surface area contributed by atoms with Crippen LogP contribution in [0.2, 0.25) is 5.02 Å². The number of aryl methyl sites for hydroxylation is 3. The van der Waals surface area contributed by atoms with Gasteiger partial charge < -0.3 is 9.15 Å². The molecule has 3 rings (SSSR count). The number of fused-ring (bicyclic) bond motifs is 1. The smallest absolute Gasteiger partial charge is 0.336 e. The molecule has 2 aromatic carbocycles. The van der Waals surface area contributed by atoms with E-state index in [1.54, 1.807) is 25.1 Å². The second-order valence-corrected chi connectivity index (χ2v) is 6.45. The van der Waals surface area contributed by atoms with Gasteiger partial charge in [-0.1, -0.05) is 23.7 Å². The van der Waals surface area contributed by atoms with Gasteiger partial charge in [-0.25, -0.2) is 4.79 Å². The molecule has 0 radical (unpaired) electrons. The molecule has 128 valence electrons. The topological polar surface area (TPSA) is 56.5 Å². The minimum absolute atomic E-state index is 0.148. The molecule has 0 fully saturated rings. The summed E-state index contributed by atoms with van der Waals surface area (Å²) in [5.74, 6) is 0.157. The van der Waals surface area contributed by atoms with Crippen molar-refractivity contribution in [1.82, 2.24) is 0 Å². The molecular formula is C20H17ClO4. The van der Waals surface area contributed by atoms with Gasteiger partial charge in [0.1, 0.15) is 11.3 Å². The van der Waals surface area contributed by atoms with Gasteiger partial charge in [-0.05, 0) is 49.6 Å². The van der Waals surface area contributed by atoms with Gasteiger partial charge in [0.15, 0.2) is 12.4 Å². The predicted molar refractivity (Wildman–Crippen MR) is 98.0 cm³/mol. The third-order valence-electron chi connectivity index (χ3n) is 4.19. The molecule has 0 atom stereocenters. The van der Waals surface area contributed by atoms with Crippen molar-refractivity contribution in [2.24, 2.45) is 0 Å². The molecule has 25 heavy (non-hydrogen) atoms. The van der Waals surface area contributed by atoms with Crippen molar-refractivity contribution in [3.8, 4) is 5.75 Å². The van der Waals surface area contributed by atoms with Gasteiger partial charge in [-0.2, -0.15) is 0 Å². The van der Waals surface area contributed by atoms with Crippen LogP contribution in [0.25, 0.3) is 11.0 Å². The summed E-state index contributed by atoms with van der Waals surface area (Å²) in [6.45, 7) is 5.60. The molecule has 0 aliphatic carbocycles. The first-order chi connectivity index (χ1) is 11.8. The Bertz CT molecular complexity index is 1030. The van der Waals surface area contributed by atoms with E-state index in [4.69, 9.17) is 20.8 Å². The lowest BCUT2D eigenvalue weighted by Gasteiger charge is -2.10. The number of halogens is 1. The Morgan fingerprint density at radius 2 is 1.80 bits per heavy atom. The molecule has 0 unspecified atom stereocenters. The monoisotopic (exact) mass is 356 g/mol. The number of rotatable bonds is 4. The van der Waals surface area contributed by atoms with Crippen LogP contribution >= 0.6 is 11.6 Å². The Morgan fingerprint density at radius 1 is 1.04 bits per heavy atom. The molecule has 1 heterocycles. The van der Waals surface area contributed by atoms with Crippen LogP contribution in [0.1, 0.15) is 27.0 Å². The summed E-state index contributed by atoms with van der Waals surface area (Å²) in [6.07, 6.45) is 0. The van der Waals surface area contributed by atoms with E-state index in [1.165, 1.54) is 6.07 Å². The number of carbonyl (C=O) groups is 1. The standard InChI is InChI=1S/C20H17ClO4/c1-11-4-5-14(6-12(11)2)17(22)10-24-19-9-18-15(8-16(19)21)13(3)7-20(23)25-18/h4-9H,10H2,1-3H3. The van der Waals surface area contributed by atoms with Crippen LogP contribution in [0.15, 0.2) is 45.6 Å². The van der Waals surface area contributed by atoms with Gasteiger partial charge in [-0.15, -0.1) is 0 Å². The fraction of sp³-hybridized carbons (Fsp3) is 0.200. The summed E-state index contributed by atoms with van der Waals surface area (Å²) >= 11 is 6.23. The zero-order valence-corrected chi connectivity index (χ0v) is 14.9. The van der Waals surface area contributed by atoms with Crippen LogP contribution < -0.4 is 10.4 Å². The van der Waals surface area contributed by atoms with Crippen molar-refractivity contribution < 1.29 is 13.9 Å². The highest BCUT2D eigenvalue weighted by Gasteiger charge is 2.12. The quantitative estimate of drug-likeness (QED) is 0.505. The van der Waals surface area contributed by atoms with Gasteiger partial charge in [0.25, 0.3) is 0 Å². The maximum absolute atomic E-state index is 12.3. The minimum Gasteiger partial charge on any atom is -0.484 e. The number of ether oxygens (including phenoxy) is 1. The van der Waals surface area contributed by atoms with Gasteiger partial charge in [0, 0.05) is 23.1 Å². The number of Topliss-reactive ketones (excluding diaryl/α,β-unsaturated/α-hetero) is 1. The van der Waals surface area contributed by atoms with Crippen LogP contribution in [0.4, 0.5) is 0 Å². The molecule has 0 spiro atoms. The summed E-state index contributed by atoms with van der Waals surface area (Å²) in [7, 11) is 0. The van der Waals surface area contributed by atoms with E-state index < -0.39 is 5.63 Å². The van der Waals surface area contributed by atoms with E-state index in [9.17, 15) is 9.59 Å². The summed E-state index contributed by atoms with van der Waals surface area (Å²) < 4.78 is 10.7. The maximum Gasteiger partial charge on any atom is 0.336 e. The lowest BCUT2D eigenvalue weighted by Crippen LogP contribution is -2.12. The lowest BCUT2D eigenvalue weighted by molar-refractivity contribution is 0.0921. The number of hydrogen-bond donors (Lipinski definition) is 0. The van der Waals surface area contributed by atoms with Crippen molar-refractivity contribution in [2.45, 2.75) is 20.8 Å². The third-order valence-corrected chi connectivity index (χ3v) is 4.49. The lowest BCUT2D eigenvalue weighted by atomic mass is 10.0. The van der Waals surface area contributed by atoms with E-state index in [-0.39, 0.29) is 12.4 Å².